The maximum Gasteiger partial charge on any atom is 0.202 e. The molecule has 3 atom stereocenters. The molecule has 2 bridgehead atoms. The molecule has 0 aromatic rings. The number of rotatable bonds is 3. The number of carbonyl (C=O) groups is 2. The number of ketones is 2. The van der Waals surface area contributed by atoms with Crippen LogP contribution in [0.4, 0.5) is 0 Å². The summed E-state index contributed by atoms with van der Waals surface area (Å²) in [6, 6.07) is 0. The summed E-state index contributed by atoms with van der Waals surface area (Å²) in [6.45, 7) is 1.75. The van der Waals surface area contributed by atoms with E-state index in [0.29, 0.717) is 18.3 Å². The second kappa shape index (κ2) is 3.09. The van der Waals surface area contributed by atoms with Crippen molar-refractivity contribution in [2.24, 2.45) is 17.8 Å². The van der Waals surface area contributed by atoms with E-state index in [2.05, 4.69) is 12.2 Å². The molecule has 0 aliphatic heterocycles. The first kappa shape index (κ1) is 8.67. The summed E-state index contributed by atoms with van der Waals surface area (Å²) in [6.07, 6.45) is 6.65. The van der Waals surface area contributed by atoms with Crippen molar-refractivity contribution in [2.75, 3.05) is 0 Å². The predicted molar refractivity (Wildman–Crippen MR) is 49.1 cm³/mol. The Balaban J connectivity index is 2.07. The van der Waals surface area contributed by atoms with Crippen LogP contribution in [0, 0.1) is 17.8 Å². The monoisotopic (exact) mass is 178 g/mol. The van der Waals surface area contributed by atoms with Gasteiger partial charge in [0.25, 0.3) is 0 Å². The Labute approximate surface area is 78.0 Å². The first-order valence-electron chi connectivity index (χ1n) is 4.97. The largest absolute Gasteiger partial charge is 0.291 e. The van der Waals surface area contributed by atoms with E-state index in [4.69, 9.17) is 0 Å². The summed E-state index contributed by atoms with van der Waals surface area (Å²) in [7, 11) is 0. The Morgan fingerprint density at radius 2 is 2.08 bits per heavy atom. The lowest BCUT2D eigenvalue weighted by atomic mass is 9.87. The molecule has 0 aromatic heterocycles. The van der Waals surface area contributed by atoms with E-state index in [0.717, 1.165) is 12.8 Å². The van der Waals surface area contributed by atoms with Crippen molar-refractivity contribution in [3.05, 3.63) is 12.2 Å². The lowest BCUT2D eigenvalue weighted by molar-refractivity contribution is -0.139. The van der Waals surface area contributed by atoms with E-state index in [1.807, 2.05) is 0 Å². The van der Waals surface area contributed by atoms with Crippen LogP contribution in [0.5, 0.6) is 0 Å². The fraction of sp³-hybridized carbons (Fsp3) is 0.636. The highest BCUT2D eigenvalue weighted by atomic mass is 16.2. The Bertz CT molecular complexity index is 278. The lowest BCUT2D eigenvalue weighted by Crippen LogP contribution is -2.26. The van der Waals surface area contributed by atoms with Gasteiger partial charge >= 0.3 is 0 Å². The minimum atomic E-state index is -0.189. The third kappa shape index (κ3) is 1.34. The summed E-state index contributed by atoms with van der Waals surface area (Å²) in [5.41, 5.74) is 0. The van der Waals surface area contributed by atoms with Gasteiger partial charge in [0, 0.05) is 12.3 Å². The molecule has 1 saturated carbocycles. The summed E-state index contributed by atoms with van der Waals surface area (Å²) < 4.78 is 0. The minimum absolute atomic E-state index is 0.0162. The normalized spacial score (nSPS) is 35.3. The average Bonchev–Trinajstić information content (AvgIpc) is 2.76. The van der Waals surface area contributed by atoms with Crippen LogP contribution in [-0.2, 0) is 9.59 Å². The first-order chi connectivity index (χ1) is 6.22. The molecule has 0 aromatic carbocycles. The van der Waals surface area contributed by atoms with Crippen LogP contribution < -0.4 is 0 Å². The fourth-order valence-corrected chi connectivity index (χ4v) is 2.46. The van der Waals surface area contributed by atoms with Crippen molar-refractivity contribution in [1.82, 2.24) is 0 Å². The van der Waals surface area contributed by atoms with Gasteiger partial charge in [-0.25, -0.2) is 0 Å². The zero-order chi connectivity index (χ0) is 9.42. The molecule has 2 aliphatic rings. The number of fused-ring (bicyclic) bond motifs is 2. The van der Waals surface area contributed by atoms with Crippen molar-refractivity contribution in [2.45, 2.75) is 26.2 Å². The number of Topliss-reactive ketones (excluding diaryl/α,β-unsaturated/α-hetero) is 2. The van der Waals surface area contributed by atoms with Crippen LogP contribution >= 0.6 is 0 Å². The van der Waals surface area contributed by atoms with Crippen LogP contribution in [0.3, 0.4) is 0 Å². The summed E-state index contributed by atoms with van der Waals surface area (Å²) in [4.78, 5) is 22.8. The van der Waals surface area contributed by atoms with Crippen LogP contribution in [0.15, 0.2) is 12.2 Å². The van der Waals surface area contributed by atoms with E-state index in [1.165, 1.54) is 0 Å². The molecule has 0 spiro atoms. The van der Waals surface area contributed by atoms with Crippen LogP contribution in [0.25, 0.3) is 0 Å². The highest BCUT2D eigenvalue weighted by Gasteiger charge is 2.41. The van der Waals surface area contributed by atoms with Crippen molar-refractivity contribution >= 4 is 11.6 Å². The van der Waals surface area contributed by atoms with E-state index in [-0.39, 0.29) is 17.5 Å². The maximum absolute atomic E-state index is 11.6. The molecule has 2 heteroatoms. The fourth-order valence-electron chi connectivity index (χ4n) is 2.46. The van der Waals surface area contributed by atoms with Gasteiger partial charge < -0.3 is 0 Å². The van der Waals surface area contributed by atoms with Gasteiger partial charge in [0.05, 0.1) is 0 Å². The zero-order valence-corrected chi connectivity index (χ0v) is 7.82. The number of carbonyl (C=O) groups excluding carboxylic acids is 2. The maximum atomic E-state index is 11.6. The second-order valence-corrected chi connectivity index (χ2v) is 4.03. The quantitative estimate of drug-likeness (QED) is 0.487. The van der Waals surface area contributed by atoms with E-state index in [9.17, 15) is 9.59 Å². The molecular weight excluding hydrogens is 164 g/mol. The highest BCUT2D eigenvalue weighted by Crippen LogP contribution is 2.43. The molecule has 13 heavy (non-hydrogen) atoms. The minimum Gasteiger partial charge on any atom is -0.291 e. The van der Waals surface area contributed by atoms with Gasteiger partial charge in [0.1, 0.15) is 0 Å². The average molecular weight is 178 g/mol. The van der Waals surface area contributed by atoms with Gasteiger partial charge in [0.15, 0.2) is 5.78 Å². The number of allylic oxidation sites excluding steroid dienone is 2. The van der Waals surface area contributed by atoms with E-state index in [1.54, 1.807) is 6.92 Å². The van der Waals surface area contributed by atoms with E-state index >= 15 is 0 Å². The summed E-state index contributed by atoms with van der Waals surface area (Å²) >= 11 is 0. The van der Waals surface area contributed by atoms with Gasteiger partial charge in [-0.05, 0) is 24.7 Å². The van der Waals surface area contributed by atoms with Gasteiger partial charge in [0.2, 0.25) is 5.78 Å². The Kier molecular flexibility index (Phi) is 2.06. The van der Waals surface area contributed by atoms with Gasteiger partial charge in [-0.2, -0.15) is 0 Å². The first-order valence-corrected chi connectivity index (χ1v) is 4.97. The molecule has 0 amide bonds. The molecular formula is C11H14O2. The summed E-state index contributed by atoms with van der Waals surface area (Å²) in [5.74, 6) is 0.643. The van der Waals surface area contributed by atoms with Gasteiger partial charge in [-0.1, -0.05) is 19.1 Å². The van der Waals surface area contributed by atoms with Gasteiger partial charge in [-0.3, -0.25) is 9.59 Å². The SMILES string of the molecule is CCC(=O)C(=O)C1CC2C=CC1C2. The smallest absolute Gasteiger partial charge is 0.202 e. The lowest BCUT2D eigenvalue weighted by Gasteiger charge is -2.14. The van der Waals surface area contributed by atoms with Crippen LogP contribution in [0.1, 0.15) is 26.2 Å². The van der Waals surface area contributed by atoms with E-state index < -0.39 is 0 Å². The molecule has 0 heterocycles. The Morgan fingerprint density at radius 3 is 2.54 bits per heavy atom. The molecule has 70 valence electrons. The summed E-state index contributed by atoms with van der Waals surface area (Å²) in [5, 5.41) is 0. The number of hydrogen-bond donors (Lipinski definition) is 0. The van der Waals surface area contributed by atoms with Crippen LogP contribution in [-0.4, -0.2) is 11.6 Å². The number of hydrogen-bond acceptors (Lipinski definition) is 2. The molecule has 0 radical (unpaired) electrons. The standard InChI is InChI=1S/C11H14O2/c1-2-10(12)11(13)9-6-7-3-4-8(9)5-7/h3-4,7-9H,2,5-6H2,1H3. The molecule has 2 rings (SSSR count). The van der Waals surface area contributed by atoms with Crippen molar-refractivity contribution in [3.63, 3.8) is 0 Å². The molecule has 3 unspecified atom stereocenters. The molecule has 0 saturated heterocycles. The highest BCUT2D eigenvalue weighted by molar-refractivity contribution is 6.38. The van der Waals surface area contributed by atoms with Crippen molar-refractivity contribution < 1.29 is 9.59 Å². The Morgan fingerprint density at radius 1 is 1.31 bits per heavy atom. The topological polar surface area (TPSA) is 34.1 Å². The van der Waals surface area contributed by atoms with Crippen molar-refractivity contribution in [1.29, 1.82) is 0 Å². The second-order valence-electron chi connectivity index (χ2n) is 4.03. The third-order valence-electron chi connectivity index (χ3n) is 3.21. The van der Waals surface area contributed by atoms with Crippen molar-refractivity contribution in [3.8, 4) is 0 Å². The third-order valence-corrected chi connectivity index (χ3v) is 3.21. The molecule has 1 fully saturated rings. The molecule has 2 aliphatic carbocycles. The van der Waals surface area contributed by atoms with Gasteiger partial charge in [-0.15, -0.1) is 0 Å². The zero-order valence-electron chi connectivity index (χ0n) is 7.82. The van der Waals surface area contributed by atoms with Crippen LogP contribution in [0.2, 0.25) is 0 Å². The Hall–Kier alpha value is -0.920. The molecule has 2 nitrogen and oxygen atoms in total. The predicted octanol–water partition coefficient (Wildman–Crippen LogP) is 1.75. The molecule has 0 N–H and O–H groups in total.